The smallest absolute Gasteiger partial charge is 0.312 e. The molecule has 3 aromatic rings. The fourth-order valence-electron chi connectivity index (χ4n) is 2.77. The number of nitrogens with one attached hydrogen (secondary N) is 1. The predicted molar refractivity (Wildman–Crippen MR) is 112 cm³/mol. The van der Waals surface area contributed by atoms with Crippen molar-refractivity contribution >= 4 is 34.3 Å². The number of carbonyl (C=O) groups is 3. The summed E-state index contributed by atoms with van der Waals surface area (Å²) in [6.45, 7) is 6.98. The summed E-state index contributed by atoms with van der Waals surface area (Å²) in [5.41, 5.74) is 1.51. The quantitative estimate of drug-likeness (QED) is 0.485. The van der Waals surface area contributed by atoms with Crippen LogP contribution in [0.5, 0.6) is 0 Å². The molecule has 0 bridgehead atoms. The first kappa shape index (κ1) is 21.2. The van der Waals surface area contributed by atoms with E-state index in [1.807, 2.05) is 39.0 Å². The number of benzene rings is 2. The molecule has 1 aromatic heterocycles. The number of amides is 1. The van der Waals surface area contributed by atoms with E-state index in [9.17, 15) is 14.4 Å². The first-order chi connectivity index (χ1) is 14.1. The zero-order chi connectivity index (χ0) is 21.9. The van der Waals surface area contributed by atoms with Gasteiger partial charge in [0.15, 0.2) is 11.7 Å². The zero-order valence-electron chi connectivity index (χ0n) is 17.4. The number of fused-ring (bicyclic) bond motifs is 1. The molecule has 0 aliphatic rings. The first-order valence-corrected chi connectivity index (χ1v) is 9.63. The van der Waals surface area contributed by atoms with Crippen molar-refractivity contribution in [3.05, 3.63) is 59.8 Å². The third-order valence-electron chi connectivity index (χ3n) is 4.55. The van der Waals surface area contributed by atoms with Crippen LogP contribution in [0.3, 0.4) is 0 Å². The Morgan fingerprint density at radius 3 is 2.40 bits per heavy atom. The number of hydrogen-bond acceptors (Lipinski definition) is 6. The third kappa shape index (κ3) is 4.92. The van der Waals surface area contributed by atoms with Gasteiger partial charge < -0.3 is 14.6 Å². The fraction of sp³-hybridized carbons (Fsp3) is 0.304. The first-order valence-electron chi connectivity index (χ1n) is 9.63. The van der Waals surface area contributed by atoms with Crippen LogP contribution < -0.4 is 5.32 Å². The summed E-state index contributed by atoms with van der Waals surface area (Å²) >= 11 is 0. The van der Waals surface area contributed by atoms with Crippen LogP contribution in [0.2, 0.25) is 0 Å². The number of esters is 1. The molecule has 0 radical (unpaired) electrons. The van der Waals surface area contributed by atoms with Gasteiger partial charge in [-0.3, -0.25) is 14.4 Å². The van der Waals surface area contributed by atoms with E-state index >= 15 is 0 Å². The minimum absolute atomic E-state index is 0.0909. The predicted octanol–water partition coefficient (Wildman–Crippen LogP) is 4.17. The Labute approximate surface area is 174 Å². The topological polar surface area (TPSA) is 98.5 Å². The van der Waals surface area contributed by atoms with Crippen LogP contribution in [-0.4, -0.2) is 28.9 Å². The molecular formula is C23H24N2O5. The molecule has 7 nitrogen and oxygen atoms in total. The Kier molecular flexibility index (Phi) is 6.01. The summed E-state index contributed by atoms with van der Waals surface area (Å²) in [4.78, 5) is 36.9. The monoisotopic (exact) mass is 408 g/mol. The molecule has 1 heterocycles. The molecule has 0 spiro atoms. The van der Waals surface area contributed by atoms with Crippen LogP contribution in [-0.2, 0) is 20.7 Å². The molecule has 0 fully saturated rings. The number of rotatable bonds is 6. The third-order valence-corrected chi connectivity index (χ3v) is 4.55. The average molecular weight is 408 g/mol. The second-order valence-corrected chi connectivity index (χ2v) is 8.08. The SMILES string of the molecule is C[C@H](OC(=O)Cc1noc2ccccc12)C(=O)c1ccc(NC(=O)C(C)(C)C)cc1. The summed E-state index contributed by atoms with van der Waals surface area (Å²) in [6, 6.07) is 13.7. The van der Waals surface area contributed by atoms with Gasteiger partial charge in [0.2, 0.25) is 11.7 Å². The van der Waals surface area contributed by atoms with Gasteiger partial charge in [0.25, 0.3) is 0 Å². The molecular weight excluding hydrogens is 384 g/mol. The summed E-state index contributed by atoms with van der Waals surface area (Å²) in [6.07, 6.45) is -1.04. The Morgan fingerprint density at radius 1 is 1.07 bits per heavy atom. The van der Waals surface area contributed by atoms with Crippen LogP contribution in [0.4, 0.5) is 5.69 Å². The molecule has 0 unspecified atom stereocenters. The number of aromatic nitrogens is 1. The minimum Gasteiger partial charge on any atom is -0.454 e. The number of anilines is 1. The Balaban J connectivity index is 1.59. The van der Waals surface area contributed by atoms with Gasteiger partial charge in [0.1, 0.15) is 5.69 Å². The minimum atomic E-state index is -0.953. The highest BCUT2D eigenvalue weighted by Crippen LogP contribution is 2.20. The van der Waals surface area contributed by atoms with E-state index < -0.39 is 17.5 Å². The molecule has 30 heavy (non-hydrogen) atoms. The van der Waals surface area contributed by atoms with Gasteiger partial charge >= 0.3 is 5.97 Å². The number of ether oxygens (including phenoxy) is 1. The Bertz CT molecular complexity index is 1080. The van der Waals surface area contributed by atoms with Gasteiger partial charge in [-0.15, -0.1) is 0 Å². The molecule has 0 saturated heterocycles. The van der Waals surface area contributed by atoms with Gasteiger partial charge in [-0.05, 0) is 43.3 Å². The zero-order valence-corrected chi connectivity index (χ0v) is 17.4. The summed E-state index contributed by atoms with van der Waals surface area (Å²) in [5.74, 6) is -1.02. The van der Waals surface area contributed by atoms with Crippen LogP contribution in [0.25, 0.3) is 11.0 Å². The van der Waals surface area contributed by atoms with Crippen molar-refractivity contribution in [1.29, 1.82) is 0 Å². The molecule has 3 rings (SSSR count). The van der Waals surface area contributed by atoms with E-state index in [-0.39, 0.29) is 18.1 Å². The molecule has 2 aromatic carbocycles. The van der Waals surface area contributed by atoms with Gasteiger partial charge in [-0.25, -0.2) is 0 Å². The van der Waals surface area contributed by atoms with Crippen molar-refractivity contribution < 1.29 is 23.6 Å². The van der Waals surface area contributed by atoms with Crippen molar-refractivity contribution in [2.24, 2.45) is 5.41 Å². The van der Waals surface area contributed by atoms with Gasteiger partial charge in [-0.1, -0.05) is 38.1 Å². The van der Waals surface area contributed by atoms with Crippen LogP contribution in [0, 0.1) is 5.41 Å². The van der Waals surface area contributed by atoms with Crippen LogP contribution in [0.15, 0.2) is 53.1 Å². The Morgan fingerprint density at radius 2 is 1.73 bits per heavy atom. The standard InChI is InChI=1S/C23H24N2O5/c1-14(29-20(26)13-18-17-7-5-6-8-19(17)30-25-18)21(27)15-9-11-16(12-10-15)24-22(28)23(2,3)4/h5-12,14H,13H2,1-4H3,(H,24,28)/t14-/m0/s1. The van der Waals surface area contributed by atoms with E-state index in [2.05, 4.69) is 10.5 Å². The maximum atomic E-state index is 12.6. The largest absolute Gasteiger partial charge is 0.454 e. The van der Waals surface area contributed by atoms with Crippen molar-refractivity contribution in [3.8, 4) is 0 Å². The van der Waals surface area contributed by atoms with Gasteiger partial charge in [-0.2, -0.15) is 0 Å². The van der Waals surface area contributed by atoms with E-state index in [1.165, 1.54) is 6.92 Å². The average Bonchev–Trinajstić information content (AvgIpc) is 3.10. The molecule has 0 aliphatic carbocycles. The number of nitrogens with zero attached hydrogens (tertiary/aromatic N) is 1. The van der Waals surface area contributed by atoms with Gasteiger partial charge in [0.05, 0.1) is 6.42 Å². The lowest BCUT2D eigenvalue weighted by molar-refractivity contribution is -0.145. The summed E-state index contributed by atoms with van der Waals surface area (Å²) in [5, 5.41) is 7.44. The molecule has 1 amide bonds. The molecule has 7 heteroatoms. The number of ketones is 1. The second kappa shape index (κ2) is 8.49. The van der Waals surface area contributed by atoms with Crippen molar-refractivity contribution in [2.45, 2.75) is 40.2 Å². The van der Waals surface area contributed by atoms with E-state index in [0.717, 1.165) is 5.39 Å². The lowest BCUT2D eigenvalue weighted by Gasteiger charge is -2.18. The van der Waals surface area contributed by atoms with E-state index in [4.69, 9.17) is 9.26 Å². The highest BCUT2D eigenvalue weighted by molar-refractivity contribution is 6.01. The fourth-order valence-corrected chi connectivity index (χ4v) is 2.77. The van der Waals surface area contributed by atoms with Crippen molar-refractivity contribution in [2.75, 3.05) is 5.32 Å². The summed E-state index contributed by atoms with van der Waals surface area (Å²) < 4.78 is 10.5. The van der Waals surface area contributed by atoms with Gasteiger partial charge in [0, 0.05) is 22.1 Å². The molecule has 0 aliphatic heterocycles. The normalized spacial score (nSPS) is 12.4. The van der Waals surface area contributed by atoms with Crippen molar-refractivity contribution in [1.82, 2.24) is 5.16 Å². The summed E-state index contributed by atoms with van der Waals surface area (Å²) in [7, 11) is 0. The van der Waals surface area contributed by atoms with E-state index in [1.54, 1.807) is 30.3 Å². The highest BCUT2D eigenvalue weighted by atomic mass is 16.5. The van der Waals surface area contributed by atoms with Crippen molar-refractivity contribution in [3.63, 3.8) is 0 Å². The number of hydrogen-bond donors (Lipinski definition) is 1. The maximum Gasteiger partial charge on any atom is 0.312 e. The molecule has 0 saturated carbocycles. The van der Waals surface area contributed by atoms with Crippen LogP contribution >= 0.6 is 0 Å². The number of carbonyl (C=O) groups excluding carboxylic acids is 3. The molecule has 156 valence electrons. The second-order valence-electron chi connectivity index (χ2n) is 8.08. The number of para-hydroxylation sites is 1. The number of Topliss-reactive ketones (excluding diaryl/α,β-unsaturated/α-hetero) is 1. The lowest BCUT2D eigenvalue weighted by atomic mass is 9.95. The van der Waals surface area contributed by atoms with Crippen LogP contribution in [0.1, 0.15) is 43.7 Å². The molecule has 1 N–H and O–H groups in total. The highest BCUT2D eigenvalue weighted by Gasteiger charge is 2.23. The lowest BCUT2D eigenvalue weighted by Crippen LogP contribution is -2.27. The maximum absolute atomic E-state index is 12.6. The Hall–Kier alpha value is -3.48. The molecule has 1 atom stereocenters. The van der Waals surface area contributed by atoms with E-state index in [0.29, 0.717) is 22.5 Å².